The molecule has 2 atom stereocenters. The third-order valence-corrected chi connectivity index (χ3v) is 15.7. The lowest BCUT2D eigenvalue weighted by Crippen LogP contribution is -2.45. The lowest BCUT2D eigenvalue weighted by atomic mass is 10.0. The summed E-state index contributed by atoms with van der Waals surface area (Å²) in [7, 11) is 0. The fourth-order valence-electron chi connectivity index (χ4n) is 10.6. The highest BCUT2D eigenvalue weighted by Gasteiger charge is 2.18. The van der Waals surface area contributed by atoms with Crippen LogP contribution in [-0.2, 0) is 14.3 Å². The van der Waals surface area contributed by atoms with Crippen LogP contribution in [-0.4, -0.2) is 47.4 Å². The van der Waals surface area contributed by atoms with Crippen LogP contribution < -0.4 is 5.32 Å². The Balaban J connectivity index is 3.41. The van der Waals surface area contributed by atoms with Crippen molar-refractivity contribution in [2.75, 3.05) is 13.2 Å². The topological polar surface area (TPSA) is 95.9 Å². The molecule has 0 bridgehead atoms. The summed E-state index contributed by atoms with van der Waals surface area (Å²) in [4.78, 5) is 24.6. The van der Waals surface area contributed by atoms with E-state index in [1.807, 2.05) is 6.08 Å². The first-order valence-corrected chi connectivity index (χ1v) is 33.6. The Bertz CT molecular complexity index is 1150. The van der Waals surface area contributed by atoms with Crippen molar-refractivity contribution in [3.05, 3.63) is 24.3 Å². The molecule has 0 saturated carbocycles. The number of aliphatic hydroxyl groups is 2. The Morgan fingerprint density at radius 3 is 0.959 bits per heavy atom. The first-order valence-electron chi connectivity index (χ1n) is 33.6. The minimum atomic E-state index is -0.847. The van der Waals surface area contributed by atoms with Crippen molar-refractivity contribution in [2.24, 2.45) is 0 Å². The summed E-state index contributed by atoms with van der Waals surface area (Å²) >= 11 is 0. The number of unbranched alkanes of at least 4 members (excludes halogenated alkanes) is 50. The summed E-state index contributed by atoms with van der Waals surface area (Å²) < 4.78 is 5.50. The third kappa shape index (κ3) is 59.6. The van der Waals surface area contributed by atoms with Gasteiger partial charge in [-0.25, -0.2) is 0 Å². The van der Waals surface area contributed by atoms with Gasteiger partial charge in [-0.15, -0.1) is 0 Å². The van der Waals surface area contributed by atoms with Crippen molar-refractivity contribution in [3.63, 3.8) is 0 Å². The average Bonchev–Trinajstić information content (AvgIpc) is 3.40. The van der Waals surface area contributed by atoms with Crippen LogP contribution >= 0.6 is 0 Å². The molecule has 0 aromatic carbocycles. The molecular formula is C68H131NO5. The number of rotatable bonds is 63. The predicted molar refractivity (Wildman–Crippen MR) is 324 cm³/mol. The van der Waals surface area contributed by atoms with Gasteiger partial charge in [0.15, 0.2) is 0 Å². The molecule has 1 amide bonds. The summed E-state index contributed by atoms with van der Waals surface area (Å²) in [5.41, 5.74) is 0. The molecule has 0 aliphatic heterocycles. The number of aliphatic hydroxyl groups excluding tert-OH is 2. The summed E-state index contributed by atoms with van der Waals surface area (Å²) in [6.07, 6.45) is 79.4. The standard InChI is InChI=1S/C68H131NO5/c1-3-5-7-9-11-13-15-17-19-21-23-25-28-32-36-40-44-48-52-56-60-66(71)65(64-70)69-67(72)61-57-53-49-45-41-37-33-29-26-24-27-31-35-39-43-47-51-55-59-63-74-68(73)62-58-54-50-46-42-38-34-30-22-20-18-16-14-12-10-8-6-4-2/h20,22,56,60,65-66,70-71H,3-19,21,23-55,57-59,61-64H2,1-2H3,(H,69,72)/b22-20-,60-56+. The van der Waals surface area contributed by atoms with Gasteiger partial charge in [0.1, 0.15) is 0 Å². The molecule has 6 nitrogen and oxygen atoms in total. The first-order chi connectivity index (χ1) is 36.5. The van der Waals surface area contributed by atoms with Gasteiger partial charge in [0.05, 0.1) is 25.4 Å². The molecule has 3 N–H and O–H groups in total. The average molecular weight is 1040 g/mol. The van der Waals surface area contributed by atoms with Crippen LogP contribution in [0.3, 0.4) is 0 Å². The van der Waals surface area contributed by atoms with Gasteiger partial charge in [-0.1, -0.05) is 327 Å². The summed E-state index contributed by atoms with van der Waals surface area (Å²) in [5.74, 6) is -0.0611. The molecule has 0 fully saturated rings. The van der Waals surface area contributed by atoms with E-state index in [4.69, 9.17) is 4.74 Å². The maximum absolute atomic E-state index is 12.5. The van der Waals surface area contributed by atoms with Crippen molar-refractivity contribution in [1.29, 1.82) is 0 Å². The van der Waals surface area contributed by atoms with Gasteiger partial charge in [0.2, 0.25) is 5.91 Å². The van der Waals surface area contributed by atoms with Gasteiger partial charge in [-0.05, 0) is 57.8 Å². The van der Waals surface area contributed by atoms with Gasteiger partial charge in [0, 0.05) is 12.8 Å². The minimum absolute atomic E-state index is 0.00624. The van der Waals surface area contributed by atoms with E-state index in [9.17, 15) is 19.8 Å². The van der Waals surface area contributed by atoms with Crippen LogP contribution in [0.15, 0.2) is 24.3 Å². The maximum Gasteiger partial charge on any atom is 0.305 e. The zero-order valence-electron chi connectivity index (χ0n) is 50.1. The summed E-state index contributed by atoms with van der Waals surface area (Å²) in [6.45, 7) is 4.93. The monoisotopic (exact) mass is 1040 g/mol. The number of nitrogens with one attached hydrogen (secondary N) is 1. The normalized spacial score (nSPS) is 12.6. The summed E-state index contributed by atoms with van der Waals surface area (Å²) in [5, 5.41) is 23.2. The molecule has 6 heteroatoms. The van der Waals surface area contributed by atoms with Crippen LogP contribution in [0.1, 0.15) is 373 Å². The number of allylic oxidation sites excluding steroid dienone is 3. The highest BCUT2D eigenvalue weighted by Crippen LogP contribution is 2.18. The van der Waals surface area contributed by atoms with Gasteiger partial charge >= 0.3 is 5.97 Å². The molecule has 0 radical (unpaired) electrons. The van der Waals surface area contributed by atoms with Crippen LogP contribution in [0.5, 0.6) is 0 Å². The second-order valence-electron chi connectivity index (χ2n) is 23.2. The fraction of sp³-hybridized carbons (Fsp3) is 0.912. The molecule has 0 saturated heterocycles. The largest absolute Gasteiger partial charge is 0.466 e. The van der Waals surface area contributed by atoms with Gasteiger partial charge in [-0.2, -0.15) is 0 Å². The number of carbonyl (C=O) groups is 2. The number of esters is 1. The summed E-state index contributed by atoms with van der Waals surface area (Å²) in [6, 6.07) is -0.631. The van der Waals surface area contributed by atoms with E-state index >= 15 is 0 Å². The molecule has 74 heavy (non-hydrogen) atoms. The Morgan fingerprint density at radius 1 is 0.365 bits per heavy atom. The van der Waals surface area contributed by atoms with Crippen molar-refractivity contribution in [3.8, 4) is 0 Å². The molecule has 0 aromatic heterocycles. The van der Waals surface area contributed by atoms with Gasteiger partial charge in [0.25, 0.3) is 0 Å². The van der Waals surface area contributed by atoms with E-state index in [1.165, 1.54) is 302 Å². The maximum atomic E-state index is 12.5. The molecule has 438 valence electrons. The molecule has 0 aliphatic carbocycles. The van der Waals surface area contributed by atoms with E-state index in [0.29, 0.717) is 19.4 Å². The Hall–Kier alpha value is -1.66. The van der Waals surface area contributed by atoms with E-state index < -0.39 is 12.1 Å². The molecular weight excluding hydrogens is 911 g/mol. The number of carbonyl (C=O) groups excluding carboxylic acids is 2. The van der Waals surface area contributed by atoms with Crippen LogP contribution in [0.2, 0.25) is 0 Å². The van der Waals surface area contributed by atoms with Crippen molar-refractivity contribution >= 4 is 11.9 Å². The van der Waals surface area contributed by atoms with Gasteiger partial charge < -0.3 is 20.3 Å². The lowest BCUT2D eigenvalue weighted by molar-refractivity contribution is -0.143. The van der Waals surface area contributed by atoms with E-state index in [2.05, 4.69) is 31.3 Å². The lowest BCUT2D eigenvalue weighted by Gasteiger charge is -2.20. The second kappa shape index (κ2) is 63.9. The van der Waals surface area contributed by atoms with Crippen LogP contribution in [0.4, 0.5) is 0 Å². The predicted octanol–water partition coefficient (Wildman–Crippen LogP) is 21.4. The van der Waals surface area contributed by atoms with Crippen molar-refractivity contribution in [2.45, 2.75) is 386 Å². The Morgan fingerprint density at radius 2 is 0.635 bits per heavy atom. The smallest absolute Gasteiger partial charge is 0.305 e. The second-order valence-corrected chi connectivity index (χ2v) is 23.2. The Kier molecular flexibility index (Phi) is 62.4. The SMILES string of the molecule is CCCCCCCCC/C=C\CCCCCCCCCC(=O)OCCCCCCCCCCCCCCCCCCCCCC(=O)NC(CO)C(O)/C=C/CCCCCCCCCCCCCCCCCCCC. The first kappa shape index (κ1) is 72.3. The molecule has 0 aliphatic rings. The van der Waals surface area contributed by atoms with Crippen molar-refractivity contribution < 1.29 is 24.5 Å². The van der Waals surface area contributed by atoms with Gasteiger partial charge in [-0.3, -0.25) is 9.59 Å². The zero-order chi connectivity index (χ0) is 53.6. The number of amides is 1. The number of hydrogen-bond acceptors (Lipinski definition) is 5. The van der Waals surface area contributed by atoms with Crippen LogP contribution in [0, 0.1) is 0 Å². The number of ether oxygens (including phenoxy) is 1. The molecule has 0 spiro atoms. The molecule has 2 unspecified atom stereocenters. The zero-order valence-corrected chi connectivity index (χ0v) is 50.1. The highest BCUT2D eigenvalue weighted by atomic mass is 16.5. The quantitative estimate of drug-likeness (QED) is 0.0320. The van der Waals surface area contributed by atoms with E-state index in [-0.39, 0.29) is 18.5 Å². The van der Waals surface area contributed by atoms with E-state index in [1.54, 1.807) is 6.08 Å². The van der Waals surface area contributed by atoms with E-state index in [0.717, 1.165) is 44.9 Å². The van der Waals surface area contributed by atoms with Crippen molar-refractivity contribution in [1.82, 2.24) is 5.32 Å². The van der Waals surface area contributed by atoms with Crippen LogP contribution in [0.25, 0.3) is 0 Å². The number of hydrogen-bond donors (Lipinski definition) is 3. The highest BCUT2D eigenvalue weighted by molar-refractivity contribution is 5.76. The Labute approximate surface area is 462 Å². The molecule has 0 heterocycles. The molecule has 0 rings (SSSR count). The minimum Gasteiger partial charge on any atom is -0.466 e. The third-order valence-electron chi connectivity index (χ3n) is 15.7. The molecule has 0 aromatic rings. The fourth-order valence-corrected chi connectivity index (χ4v) is 10.6.